The predicted molar refractivity (Wildman–Crippen MR) is 60.6 cm³/mol. The third-order valence-electron chi connectivity index (χ3n) is 2.70. The zero-order valence-corrected chi connectivity index (χ0v) is 9.49. The maximum atomic E-state index is 3.88. The molecule has 0 spiro atoms. The van der Waals surface area contributed by atoms with Crippen molar-refractivity contribution in [2.45, 2.75) is 26.9 Å². The summed E-state index contributed by atoms with van der Waals surface area (Å²) in [5, 5.41) is 17.0. The van der Waals surface area contributed by atoms with Gasteiger partial charge in [-0.1, -0.05) is 23.4 Å². The lowest BCUT2D eigenvalue weighted by Crippen LogP contribution is -2.14. The van der Waals surface area contributed by atoms with Gasteiger partial charge in [0.05, 0.1) is 6.54 Å². The van der Waals surface area contributed by atoms with Crippen LogP contribution in [0.4, 0.5) is 0 Å². The van der Waals surface area contributed by atoms with Gasteiger partial charge in [0.25, 0.3) is 0 Å². The molecule has 5 nitrogen and oxygen atoms in total. The van der Waals surface area contributed by atoms with Gasteiger partial charge < -0.3 is 5.32 Å². The molecule has 0 bridgehead atoms. The summed E-state index contributed by atoms with van der Waals surface area (Å²) in [6, 6.07) is 6.33. The summed E-state index contributed by atoms with van der Waals surface area (Å²) in [6.07, 6.45) is 0. The molecule has 1 aromatic carbocycles. The van der Waals surface area contributed by atoms with Gasteiger partial charge in [0.15, 0.2) is 5.82 Å². The predicted octanol–water partition coefficient (Wildman–Crippen LogP) is 1.11. The van der Waals surface area contributed by atoms with Crippen LogP contribution in [0.25, 0.3) is 0 Å². The highest BCUT2D eigenvalue weighted by Crippen LogP contribution is 2.12. The molecule has 0 aliphatic rings. The lowest BCUT2D eigenvalue weighted by Gasteiger charge is -2.08. The average molecular weight is 217 g/mol. The Morgan fingerprint density at radius 3 is 2.88 bits per heavy atom. The van der Waals surface area contributed by atoms with Gasteiger partial charge in [-0.15, -0.1) is 10.2 Å². The summed E-state index contributed by atoms with van der Waals surface area (Å²) in [4.78, 5) is 0. The Kier molecular flexibility index (Phi) is 3.26. The number of rotatable bonds is 4. The Bertz CT molecular complexity index is 449. The van der Waals surface area contributed by atoms with Crippen LogP contribution in [0.5, 0.6) is 0 Å². The third-order valence-corrected chi connectivity index (χ3v) is 2.70. The second-order valence-electron chi connectivity index (χ2n) is 3.79. The van der Waals surface area contributed by atoms with Crippen molar-refractivity contribution < 1.29 is 0 Å². The van der Waals surface area contributed by atoms with Crippen molar-refractivity contribution in [3.63, 3.8) is 0 Å². The first-order valence-corrected chi connectivity index (χ1v) is 5.25. The SMILES string of the molecule is Cc1cccc(CNCc2nn[nH]n2)c1C. The Balaban J connectivity index is 1.92. The van der Waals surface area contributed by atoms with E-state index in [1.54, 1.807) is 0 Å². The minimum absolute atomic E-state index is 0.629. The van der Waals surface area contributed by atoms with Gasteiger partial charge in [0.1, 0.15) is 0 Å². The van der Waals surface area contributed by atoms with Gasteiger partial charge in [-0.25, -0.2) is 0 Å². The van der Waals surface area contributed by atoms with Crippen LogP contribution in [-0.4, -0.2) is 20.6 Å². The lowest BCUT2D eigenvalue weighted by molar-refractivity contribution is 0.661. The molecule has 1 aromatic heterocycles. The van der Waals surface area contributed by atoms with Crippen molar-refractivity contribution in [2.24, 2.45) is 0 Å². The fourth-order valence-corrected chi connectivity index (χ4v) is 1.57. The van der Waals surface area contributed by atoms with Gasteiger partial charge in [0.2, 0.25) is 0 Å². The van der Waals surface area contributed by atoms with Crippen LogP contribution in [0.2, 0.25) is 0 Å². The molecule has 16 heavy (non-hydrogen) atoms. The van der Waals surface area contributed by atoms with E-state index < -0.39 is 0 Å². The van der Waals surface area contributed by atoms with E-state index in [2.05, 4.69) is 58.0 Å². The first kappa shape index (κ1) is 10.8. The van der Waals surface area contributed by atoms with E-state index >= 15 is 0 Å². The highest BCUT2D eigenvalue weighted by molar-refractivity contribution is 5.32. The summed E-state index contributed by atoms with van der Waals surface area (Å²) in [7, 11) is 0. The summed E-state index contributed by atoms with van der Waals surface area (Å²) in [5.41, 5.74) is 3.96. The molecule has 0 atom stereocenters. The first-order valence-electron chi connectivity index (χ1n) is 5.25. The van der Waals surface area contributed by atoms with Crippen LogP contribution in [0.1, 0.15) is 22.5 Å². The van der Waals surface area contributed by atoms with Crippen molar-refractivity contribution in [3.8, 4) is 0 Å². The van der Waals surface area contributed by atoms with Crippen molar-refractivity contribution in [3.05, 3.63) is 40.7 Å². The normalized spacial score (nSPS) is 10.6. The van der Waals surface area contributed by atoms with Crippen molar-refractivity contribution in [1.82, 2.24) is 25.9 Å². The molecule has 84 valence electrons. The molecule has 0 amide bonds. The van der Waals surface area contributed by atoms with Crippen molar-refractivity contribution >= 4 is 0 Å². The van der Waals surface area contributed by atoms with Crippen molar-refractivity contribution in [2.75, 3.05) is 0 Å². The van der Waals surface area contributed by atoms with Gasteiger partial charge >= 0.3 is 0 Å². The van der Waals surface area contributed by atoms with Gasteiger partial charge in [-0.3, -0.25) is 0 Å². The molecule has 0 radical (unpaired) electrons. The van der Waals surface area contributed by atoms with Crippen LogP contribution < -0.4 is 5.32 Å². The van der Waals surface area contributed by atoms with Crippen molar-refractivity contribution in [1.29, 1.82) is 0 Å². The number of aromatic amines is 1. The Hall–Kier alpha value is -1.75. The minimum Gasteiger partial charge on any atom is -0.306 e. The first-order chi connectivity index (χ1) is 7.77. The van der Waals surface area contributed by atoms with E-state index in [0.29, 0.717) is 12.4 Å². The maximum absolute atomic E-state index is 3.88. The second-order valence-corrected chi connectivity index (χ2v) is 3.79. The Morgan fingerprint density at radius 2 is 2.12 bits per heavy atom. The number of hydrogen-bond donors (Lipinski definition) is 2. The number of benzene rings is 1. The number of nitrogens with zero attached hydrogens (tertiary/aromatic N) is 3. The van der Waals surface area contributed by atoms with Gasteiger partial charge in [0, 0.05) is 6.54 Å². The fraction of sp³-hybridized carbons (Fsp3) is 0.364. The average Bonchev–Trinajstić information content (AvgIpc) is 2.77. The van der Waals surface area contributed by atoms with E-state index in [1.807, 2.05) is 0 Å². The molecule has 0 aliphatic heterocycles. The molecular weight excluding hydrogens is 202 g/mol. The number of tetrazole rings is 1. The molecule has 0 aliphatic carbocycles. The Labute approximate surface area is 94.3 Å². The number of nitrogens with one attached hydrogen (secondary N) is 2. The molecular formula is C11H15N5. The molecule has 0 saturated carbocycles. The Morgan fingerprint density at radius 1 is 1.25 bits per heavy atom. The zero-order valence-electron chi connectivity index (χ0n) is 9.49. The fourth-order valence-electron chi connectivity index (χ4n) is 1.57. The lowest BCUT2D eigenvalue weighted by atomic mass is 10.0. The monoisotopic (exact) mass is 217 g/mol. The van der Waals surface area contributed by atoms with Crippen LogP contribution >= 0.6 is 0 Å². The molecule has 0 unspecified atom stereocenters. The third kappa shape index (κ3) is 2.43. The summed E-state index contributed by atoms with van der Waals surface area (Å²) < 4.78 is 0. The molecule has 2 rings (SSSR count). The molecule has 0 saturated heterocycles. The van der Waals surface area contributed by atoms with Crippen LogP contribution in [0.3, 0.4) is 0 Å². The quantitative estimate of drug-likeness (QED) is 0.805. The molecule has 5 heteroatoms. The number of hydrogen-bond acceptors (Lipinski definition) is 4. The van der Waals surface area contributed by atoms with Crippen LogP contribution in [0.15, 0.2) is 18.2 Å². The number of aromatic nitrogens is 4. The van der Waals surface area contributed by atoms with E-state index in [0.717, 1.165) is 6.54 Å². The molecule has 2 aromatic rings. The standard InChI is InChI=1S/C11H15N5/c1-8-4-3-5-10(9(8)2)6-12-7-11-13-15-16-14-11/h3-5,12H,6-7H2,1-2H3,(H,13,14,15,16). The topological polar surface area (TPSA) is 66.5 Å². The number of H-pyrrole nitrogens is 1. The summed E-state index contributed by atoms with van der Waals surface area (Å²) >= 11 is 0. The molecule has 0 fully saturated rings. The largest absolute Gasteiger partial charge is 0.306 e. The zero-order chi connectivity index (χ0) is 11.4. The van der Waals surface area contributed by atoms with Crippen LogP contribution in [0, 0.1) is 13.8 Å². The highest BCUT2D eigenvalue weighted by Gasteiger charge is 2.01. The van der Waals surface area contributed by atoms with E-state index in [9.17, 15) is 0 Å². The summed E-state index contributed by atoms with van der Waals surface area (Å²) in [5.74, 6) is 0.685. The van der Waals surface area contributed by atoms with E-state index in [1.165, 1.54) is 16.7 Å². The molecule has 2 N–H and O–H groups in total. The maximum Gasteiger partial charge on any atom is 0.188 e. The highest BCUT2D eigenvalue weighted by atomic mass is 15.5. The van der Waals surface area contributed by atoms with Crippen LogP contribution in [-0.2, 0) is 13.1 Å². The molecule has 1 heterocycles. The smallest absolute Gasteiger partial charge is 0.188 e. The number of aryl methyl sites for hydroxylation is 1. The summed E-state index contributed by atoms with van der Waals surface area (Å²) in [6.45, 7) is 5.71. The van der Waals surface area contributed by atoms with E-state index in [4.69, 9.17) is 0 Å². The van der Waals surface area contributed by atoms with E-state index in [-0.39, 0.29) is 0 Å². The van der Waals surface area contributed by atoms with Gasteiger partial charge in [-0.2, -0.15) is 5.21 Å². The van der Waals surface area contributed by atoms with Gasteiger partial charge in [-0.05, 0) is 30.5 Å². The minimum atomic E-state index is 0.629. The second kappa shape index (κ2) is 4.85.